The predicted octanol–water partition coefficient (Wildman–Crippen LogP) is 3.04. The zero-order valence-corrected chi connectivity index (χ0v) is 11.6. The van der Waals surface area contributed by atoms with Gasteiger partial charge in [-0.25, -0.2) is 4.98 Å². The first-order valence-corrected chi connectivity index (χ1v) is 6.88. The molecule has 2 rings (SSSR count). The molecule has 0 saturated carbocycles. The summed E-state index contributed by atoms with van der Waals surface area (Å²) in [4.78, 5) is 18.8. The van der Waals surface area contributed by atoms with Gasteiger partial charge in [0.05, 0.1) is 13.0 Å². The second-order valence-electron chi connectivity index (χ2n) is 4.49. The standard InChI is InChI=1S/C16H18N2O2/c1-2-3-12-20-15(19)7-5-4-6-14-9-8-13-10-11-17-16(13)18-14/h8-11H,2-3,5,7,12H2,1H3,(H,17,18). The summed E-state index contributed by atoms with van der Waals surface area (Å²) >= 11 is 0. The van der Waals surface area contributed by atoms with E-state index in [1.54, 1.807) is 0 Å². The molecule has 4 heteroatoms. The molecule has 2 aromatic heterocycles. The van der Waals surface area contributed by atoms with Crippen molar-refractivity contribution in [1.82, 2.24) is 9.97 Å². The quantitative estimate of drug-likeness (QED) is 0.516. The molecule has 0 spiro atoms. The number of aromatic nitrogens is 2. The van der Waals surface area contributed by atoms with Crippen LogP contribution in [0.3, 0.4) is 0 Å². The van der Waals surface area contributed by atoms with Gasteiger partial charge in [0.1, 0.15) is 11.3 Å². The number of pyridine rings is 1. The molecule has 104 valence electrons. The molecule has 4 nitrogen and oxygen atoms in total. The number of aromatic amines is 1. The van der Waals surface area contributed by atoms with Crippen molar-refractivity contribution < 1.29 is 9.53 Å². The smallest absolute Gasteiger partial charge is 0.306 e. The third-order valence-corrected chi connectivity index (χ3v) is 2.84. The number of H-pyrrole nitrogens is 1. The maximum absolute atomic E-state index is 11.4. The van der Waals surface area contributed by atoms with Crippen LogP contribution in [0, 0.1) is 11.8 Å². The lowest BCUT2D eigenvalue weighted by Crippen LogP contribution is -2.04. The summed E-state index contributed by atoms with van der Waals surface area (Å²) in [6, 6.07) is 5.82. The lowest BCUT2D eigenvalue weighted by Gasteiger charge is -2.00. The number of hydrogen-bond acceptors (Lipinski definition) is 3. The topological polar surface area (TPSA) is 55.0 Å². The summed E-state index contributed by atoms with van der Waals surface area (Å²) < 4.78 is 5.05. The van der Waals surface area contributed by atoms with Gasteiger partial charge < -0.3 is 9.72 Å². The summed E-state index contributed by atoms with van der Waals surface area (Å²) in [6.45, 7) is 2.57. The van der Waals surface area contributed by atoms with Gasteiger partial charge in [0.2, 0.25) is 0 Å². The van der Waals surface area contributed by atoms with Crippen LogP contribution in [-0.4, -0.2) is 22.5 Å². The van der Waals surface area contributed by atoms with Crippen molar-refractivity contribution in [2.75, 3.05) is 6.61 Å². The van der Waals surface area contributed by atoms with Gasteiger partial charge in [0, 0.05) is 18.0 Å². The highest BCUT2D eigenvalue weighted by molar-refractivity contribution is 5.75. The largest absolute Gasteiger partial charge is 0.466 e. The van der Waals surface area contributed by atoms with Crippen molar-refractivity contribution in [3.63, 3.8) is 0 Å². The Balaban J connectivity index is 1.80. The number of fused-ring (bicyclic) bond motifs is 1. The summed E-state index contributed by atoms with van der Waals surface area (Å²) in [7, 11) is 0. The molecule has 0 saturated heterocycles. The average Bonchev–Trinajstić information content (AvgIpc) is 2.91. The van der Waals surface area contributed by atoms with Gasteiger partial charge in [-0.2, -0.15) is 0 Å². The first kappa shape index (κ1) is 14.1. The molecule has 2 aromatic rings. The Kier molecular flexibility index (Phi) is 5.19. The Hall–Kier alpha value is -2.28. The molecule has 0 aliphatic heterocycles. The van der Waals surface area contributed by atoms with Crippen LogP contribution >= 0.6 is 0 Å². The second-order valence-corrected chi connectivity index (χ2v) is 4.49. The Labute approximate surface area is 118 Å². The van der Waals surface area contributed by atoms with Crippen LogP contribution in [-0.2, 0) is 9.53 Å². The van der Waals surface area contributed by atoms with E-state index in [4.69, 9.17) is 4.74 Å². The van der Waals surface area contributed by atoms with Gasteiger partial charge in [-0.05, 0) is 30.5 Å². The molecule has 2 heterocycles. The van der Waals surface area contributed by atoms with Crippen molar-refractivity contribution in [2.24, 2.45) is 0 Å². The minimum absolute atomic E-state index is 0.180. The van der Waals surface area contributed by atoms with E-state index in [2.05, 4.69) is 28.7 Å². The second kappa shape index (κ2) is 7.34. The van der Waals surface area contributed by atoms with Crippen LogP contribution in [0.4, 0.5) is 0 Å². The van der Waals surface area contributed by atoms with Crippen LogP contribution in [0.2, 0.25) is 0 Å². The monoisotopic (exact) mass is 270 g/mol. The molecule has 0 radical (unpaired) electrons. The molecule has 0 bridgehead atoms. The number of esters is 1. The molecule has 20 heavy (non-hydrogen) atoms. The van der Waals surface area contributed by atoms with E-state index >= 15 is 0 Å². The third-order valence-electron chi connectivity index (χ3n) is 2.84. The first-order chi connectivity index (χ1) is 9.79. The van der Waals surface area contributed by atoms with E-state index in [9.17, 15) is 4.79 Å². The van der Waals surface area contributed by atoms with Crippen molar-refractivity contribution in [3.05, 3.63) is 30.1 Å². The van der Waals surface area contributed by atoms with E-state index in [0.29, 0.717) is 25.1 Å². The molecule has 0 aromatic carbocycles. The lowest BCUT2D eigenvalue weighted by atomic mass is 10.2. The Morgan fingerprint density at radius 2 is 2.30 bits per heavy atom. The van der Waals surface area contributed by atoms with Crippen LogP contribution in [0.25, 0.3) is 11.0 Å². The Morgan fingerprint density at radius 3 is 3.15 bits per heavy atom. The number of rotatable bonds is 5. The number of carbonyl (C=O) groups is 1. The van der Waals surface area contributed by atoms with E-state index in [1.807, 2.05) is 24.4 Å². The van der Waals surface area contributed by atoms with Crippen LogP contribution in [0.5, 0.6) is 0 Å². The predicted molar refractivity (Wildman–Crippen MR) is 78.1 cm³/mol. The SMILES string of the molecule is CCCCOC(=O)CCC#Cc1ccc2cc[nH]c2n1. The molecule has 0 fully saturated rings. The fourth-order valence-corrected chi connectivity index (χ4v) is 1.72. The highest BCUT2D eigenvalue weighted by atomic mass is 16.5. The van der Waals surface area contributed by atoms with Gasteiger partial charge in [0.25, 0.3) is 0 Å². The molecular formula is C16H18N2O2. The Morgan fingerprint density at radius 1 is 1.40 bits per heavy atom. The highest BCUT2D eigenvalue weighted by Gasteiger charge is 2.00. The molecule has 0 aliphatic carbocycles. The average molecular weight is 270 g/mol. The minimum atomic E-state index is -0.180. The number of unbranched alkanes of at least 4 members (excludes halogenated alkanes) is 1. The fraction of sp³-hybridized carbons (Fsp3) is 0.375. The lowest BCUT2D eigenvalue weighted by molar-refractivity contribution is -0.143. The Bertz CT molecular complexity index is 634. The van der Waals surface area contributed by atoms with Gasteiger partial charge in [-0.3, -0.25) is 4.79 Å². The minimum Gasteiger partial charge on any atom is -0.466 e. The van der Waals surface area contributed by atoms with E-state index in [-0.39, 0.29) is 5.97 Å². The van der Waals surface area contributed by atoms with E-state index in [0.717, 1.165) is 23.9 Å². The van der Waals surface area contributed by atoms with Crippen LogP contribution in [0.15, 0.2) is 24.4 Å². The summed E-state index contributed by atoms with van der Waals surface area (Å²) in [5, 5.41) is 1.06. The van der Waals surface area contributed by atoms with E-state index in [1.165, 1.54) is 0 Å². The van der Waals surface area contributed by atoms with Crippen molar-refractivity contribution in [3.8, 4) is 11.8 Å². The third kappa shape index (κ3) is 4.13. The first-order valence-electron chi connectivity index (χ1n) is 6.88. The summed E-state index contributed by atoms with van der Waals surface area (Å²) in [5.41, 5.74) is 1.54. The highest BCUT2D eigenvalue weighted by Crippen LogP contribution is 2.09. The van der Waals surface area contributed by atoms with Crippen LogP contribution in [0.1, 0.15) is 38.3 Å². The zero-order valence-electron chi connectivity index (χ0n) is 11.6. The summed E-state index contributed by atoms with van der Waals surface area (Å²) in [6.07, 6.45) is 4.62. The fourth-order valence-electron chi connectivity index (χ4n) is 1.72. The molecular weight excluding hydrogens is 252 g/mol. The van der Waals surface area contributed by atoms with Crippen LogP contribution < -0.4 is 0 Å². The molecule has 1 N–H and O–H groups in total. The molecule has 0 amide bonds. The van der Waals surface area contributed by atoms with Crippen molar-refractivity contribution in [2.45, 2.75) is 32.6 Å². The van der Waals surface area contributed by atoms with Crippen molar-refractivity contribution in [1.29, 1.82) is 0 Å². The normalized spacial score (nSPS) is 10.1. The maximum atomic E-state index is 11.4. The van der Waals surface area contributed by atoms with E-state index < -0.39 is 0 Å². The number of nitrogens with zero attached hydrogens (tertiary/aromatic N) is 1. The van der Waals surface area contributed by atoms with Crippen molar-refractivity contribution >= 4 is 17.0 Å². The van der Waals surface area contributed by atoms with Gasteiger partial charge in [-0.15, -0.1) is 0 Å². The maximum Gasteiger partial charge on any atom is 0.306 e. The van der Waals surface area contributed by atoms with Gasteiger partial charge in [-0.1, -0.05) is 19.3 Å². The molecule has 0 unspecified atom stereocenters. The number of carbonyl (C=O) groups excluding carboxylic acids is 1. The number of ether oxygens (including phenoxy) is 1. The number of nitrogens with one attached hydrogen (secondary N) is 1. The summed E-state index contributed by atoms with van der Waals surface area (Å²) in [5.74, 6) is 5.73. The van der Waals surface area contributed by atoms with Gasteiger partial charge in [0.15, 0.2) is 0 Å². The number of hydrogen-bond donors (Lipinski definition) is 1. The molecule has 0 atom stereocenters. The molecule has 0 aliphatic rings. The van der Waals surface area contributed by atoms with Gasteiger partial charge >= 0.3 is 5.97 Å². The zero-order chi connectivity index (χ0) is 14.2.